The second kappa shape index (κ2) is 9.00. The van der Waals surface area contributed by atoms with Crippen LogP contribution in [0.15, 0.2) is 78.9 Å². The molecule has 0 aliphatic heterocycles. The molecule has 0 heterocycles. The molecule has 0 amide bonds. The van der Waals surface area contributed by atoms with E-state index in [1.54, 1.807) is 12.1 Å². The van der Waals surface area contributed by atoms with E-state index in [1.165, 1.54) is 5.57 Å². The highest BCUT2D eigenvalue weighted by Crippen LogP contribution is 2.35. The number of aromatic hydroxyl groups is 1. The van der Waals surface area contributed by atoms with Crippen LogP contribution in [-0.4, -0.2) is 11.1 Å². The topological polar surface area (TPSA) is 46.5 Å². The molecule has 0 saturated heterocycles. The quantitative estimate of drug-likeness (QED) is 0.294. The summed E-state index contributed by atoms with van der Waals surface area (Å²) in [6.45, 7) is 7.65. The number of carbonyl (C=O) groups excluding carboxylic acids is 1. The fourth-order valence-electron chi connectivity index (χ4n) is 3.26. The Morgan fingerprint density at radius 1 is 0.800 bits per heavy atom. The van der Waals surface area contributed by atoms with Gasteiger partial charge in [-0.15, -0.1) is 0 Å². The molecule has 3 aromatic carbocycles. The Kier molecular flexibility index (Phi) is 6.41. The lowest BCUT2D eigenvalue weighted by atomic mass is 9.88. The van der Waals surface area contributed by atoms with Crippen molar-refractivity contribution in [2.45, 2.75) is 34.1 Å². The van der Waals surface area contributed by atoms with Gasteiger partial charge in [0, 0.05) is 0 Å². The number of ether oxygens (including phenoxy) is 1. The molecule has 0 spiro atoms. The van der Waals surface area contributed by atoms with Crippen molar-refractivity contribution in [2.24, 2.45) is 5.41 Å². The fourth-order valence-corrected chi connectivity index (χ4v) is 3.26. The number of benzene rings is 3. The van der Waals surface area contributed by atoms with E-state index in [0.717, 1.165) is 28.7 Å². The molecule has 0 aliphatic carbocycles. The zero-order valence-corrected chi connectivity index (χ0v) is 18.0. The lowest BCUT2D eigenvalue weighted by Gasteiger charge is -2.18. The summed E-state index contributed by atoms with van der Waals surface area (Å²) in [5.74, 6) is 0.505. The Hall–Kier alpha value is -3.33. The average molecular weight is 401 g/mol. The third-order valence-corrected chi connectivity index (χ3v) is 4.90. The van der Waals surface area contributed by atoms with Crippen LogP contribution in [0.4, 0.5) is 0 Å². The number of phenols is 1. The van der Waals surface area contributed by atoms with Gasteiger partial charge in [0.15, 0.2) is 0 Å². The van der Waals surface area contributed by atoms with Crippen molar-refractivity contribution in [2.75, 3.05) is 0 Å². The molecule has 3 aromatic rings. The summed E-state index contributed by atoms with van der Waals surface area (Å²) in [6.07, 6.45) is 0.848. The van der Waals surface area contributed by atoms with Crippen LogP contribution in [0.5, 0.6) is 11.5 Å². The molecule has 0 fully saturated rings. The molecule has 3 rings (SSSR count). The first-order valence-electron chi connectivity index (χ1n) is 10.2. The Morgan fingerprint density at radius 2 is 1.33 bits per heavy atom. The molecule has 3 nitrogen and oxygen atoms in total. The van der Waals surface area contributed by atoms with Gasteiger partial charge in [-0.25, -0.2) is 0 Å². The van der Waals surface area contributed by atoms with Gasteiger partial charge in [-0.05, 0) is 79.3 Å². The number of allylic oxidation sites excluding steroid dienone is 1. The van der Waals surface area contributed by atoms with Gasteiger partial charge in [-0.3, -0.25) is 4.79 Å². The Bertz CT molecular complexity index is 1020. The van der Waals surface area contributed by atoms with Gasteiger partial charge in [-0.1, -0.05) is 61.5 Å². The number of rotatable bonds is 5. The van der Waals surface area contributed by atoms with Gasteiger partial charge >= 0.3 is 5.97 Å². The van der Waals surface area contributed by atoms with Crippen molar-refractivity contribution in [3.8, 4) is 11.5 Å². The SMILES string of the molecule is CC/C(=C(/c1ccc(O)cc1)c1ccc(OC(=O)C(C)(C)C)cc1)c1ccccc1. The Balaban J connectivity index is 2.08. The largest absolute Gasteiger partial charge is 0.508 e. The summed E-state index contributed by atoms with van der Waals surface area (Å²) < 4.78 is 5.52. The number of esters is 1. The minimum Gasteiger partial charge on any atom is -0.508 e. The van der Waals surface area contributed by atoms with Gasteiger partial charge in [0.2, 0.25) is 0 Å². The monoisotopic (exact) mass is 400 g/mol. The first-order valence-corrected chi connectivity index (χ1v) is 10.2. The molecule has 0 saturated carbocycles. The Labute approximate surface area is 178 Å². The highest BCUT2D eigenvalue weighted by Gasteiger charge is 2.23. The van der Waals surface area contributed by atoms with E-state index in [2.05, 4.69) is 19.1 Å². The summed E-state index contributed by atoms with van der Waals surface area (Å²) >= 11 is 0. The second-order valence-corrected chi connectivity index (χ2v) is 8.28. The maximum absolute atomic E-state index is 12.2. The zero-order valence-electron chi connectivity index (χ0n) is 18.0. The molecule has 0 unspecified atom stereocenters. The molecule has 0 bridgehead atoms. The molecular formula is C27H28O3. The van der Waals surface area contributed by atoms with Crippen molar-refractivity contribution in [1.82, 2.24) is 0 Å². The summed E-state index contributed by atoms with van der Waals surface area (Å²) in [7, 11) is 0. The first kappa shape index (κ1) is 21.4. The molecule has 0 aromatic heterocycles. The number of hydrogen-bond donors (Lipinski definition) is 1. The molecule has 3 heteroatoms. The van der Waals surface area contributed by atoms with E-state index in [9.17, 15) is 9.90 Å². The minimum atomic E-state index is -0.557. The van der Waals surface area contributed by atoms with Gasteiger partial charge in [0.05, 0.1) is 5.41 Å². The lowest BCUT2D eigenvalue weighted by Crippen LogP contribution is -2.25. The van der Waals surface area contributed by atoms with Crippen molar-refractivity contribution >= 4 is 17.1 Å². The predicted molar refractivity (Wildman–Crippen MR) is 122 cm³/mol. The van der Waals surface area contributed by atoms with Crippen LogP contribution in [0, 0.1) is 5.41 Å². The highest BCUT2D eigenvalue weighted by atomic mass is 16.5. The summed E-state index contributed by atoms with van der Waals surface area (Å²) in [4.78, 5) is 12.2. The third kappa shape index (κ3) is 4.98. The van der Waals surface area contributed by atoms with E-state index < -0.39 is 5.41 Å². The van der Waals surface area contributed by atoms with Crippen LogP contribution in [0.3, 0.4) is 0 Å². The van der Waals surface area contributed by atoms with E-state index >= 15 is 0 Å². The van der Waals surface area contributed by atoms with Crippen molar-refractivity contribution in [1.29, 1.82) is 0 Å². The molecule has 154 valence electrons. The van der Waals surface area contributed by atoms with Crippen LogP contribution in [-0.2, 0) is 4.79 Å². The molecule has 30 heavy (non-hydrogen) atoms. The van der Waals surface area contributed by atoms with Gasteiger partial charge < -0.3 is 9.84 Å². The highest BCUT2D eigenvalue weighted by molar-refractivity contribution is 5.98. The molecular weight excluding hydrogens is 372 g/mol. The minimum absolute atomic E-state index is 0.236. The van der Waals surface area contributed by atoms with Gasteiger partial charge in [0.25, 0.3) is 0 Å². The maximum atomic E-state index is 12.2. The van der Waals surface area contributed by atoms with Gasteiger partial charge in [-0.2, -0.15) is 0 Å². The van der Waals surface area contributed by atoms with Crippen LogP contribution in [0.2, 0.25) is 0 Å². The van der Waals surface area contributed by atoms with Crippen LogP contribution in [0.25, 0.3) is 11.1 Å². The third-order valence-electron chi connectivity index (χ3n) is 4.90. The van der Waals surface area contributed by atoms with E-state index in [1.807, 2.05) is 75.4 Å². The number of carbonyl (C=O) groups is 1. The first-order chi connectivity index (χ1) is 14.3. The second-order valence-electron chi connectivity index (χ2n) is 8.28. The van der Waals surface area contributed by atoms with Crippen LogP contribution in [0.1, 0.15) is 50.8 Å². The molecule has 0 aliphatic rings. The van der Waals surface area contributed by atoms with Crippen molar-refractivity contribution < 1.29 is 14.6 Å². The standard InChI is InChI=1S/C27H28O3/c1-5-24(19-9-7-6-8-10-19)25(20-11-15-22(28)16-12-20)21-13-17-23(18-14-21)30-26(29)27(2,3)4/h6-18,28H,5H2,1-4H3/b25-24+. The lowest BCUT2D eigenvalue weighted by molar-refractivity contribution is -0.142. The van der Waals surface area contributed by atoms with Crippen LogP contribution >= 0.6 is 0 Å². The normalized spacial score (nSPS) is 12.3. The van der Waals surface area contributed by atoms with Crippen LogP contribution < -0.4 is 4.74 Å². The predicted octanol–water partition coefficient (Wildman–Crippen LogP) is 6.71. The zero-order chi connectivity index (χ0) is 21.7. The molecule has 0 radical (unpaired) electrons. The summed E-state index contributed by atoms with van der Waals surface area (Å²) in [5.41, 5.74) is 4.95. The average Bonchev–Trinajstić information content (AvgIpc) is 2.73. The number of phenolic OH excluding ortho intramolecular Hbond substituents is 1. The Morgan fingerprint density at radius 3 is 1.83 bits per heavy atom. The fraction of sp³-hybridized carbons (Fsp3) is 0.222. The maximum Gasteiger partial charge on any atom is 0.316 e. The summed E-state index contributed by atoms with van der Waals surface area (Å²) in [5, 5.41) is 9.74. The smallest absolute Gasteiger partial charge is 0.316 e. The molecule has 1 N–H and O–H groups in total. The van der Waals surface area contributed by atoms with E-state index in [4.69, 9.17) is 4.74 Å². The van der Waals surface area contributed by atoms with Gasteiger partial charge in [0.1, 0.15) is 11.5 Å². The van der Waals surface area contributed by atoms with Crippen molar-refractivity contribution in [3.05, 3.63) is 95.6 Å². The van der Waals surface area contributed by atoms with Crippen molar-refractivity contribution in [3.63, 3.8) is 0 Å². The van der Waals surface area contributed by atoms with E-state index in [-0.39, 0.29) is 11.7 Å². The molecule has 0 atom stereocenters. The van der Waals surface area contributed by atoms with E-state index in [0.29, 0.717) is 5.75 Å². The number of hydrogen-bond acceptors (Lipinski definition) is 3. The summed E-state index contributed by atoms with van der Waals surface area (Å²) in [6, 6.07) is 25.2.